The maximum absolute atomic E-state index is 12.6. The van der Waals surface area contributed by atoms with Crippen LogP contribution < -0.4 is 10.1 Å². The van der Waals surface area contributed by atoms with E-state index in [2.05, 4.69) is 15.3 Å². The van der Waals surface area contributed by atoms with Crippen LogP contribution in [0.3, 0.4) is 0 Å². The van der Waals surface area contributed by atoms with Crippen LogP contribution in [0.2, 0.25) is 0 Å². The summed E-state index contributed by atoms with van der Waals surface area (Å²) in [7, 11) is 0. The second kappa shape index (κ2) is 7.08. The number of anilines is 1. The van der Waals surface area contributed by atoms with E-state index in [1.807, 2.05) is 12.1 Å². The third-order valence-electron chi connectivity index (χ3n) is 3.67. The molecule has 3 heterocycles. The molecule has 124 valence electrons. The van der Waals surface area contributed by atoms with E-state index in [4.69, 9.17) is 4.74 Å². The summed E-state index contributed by atoms with van der Waals surface area (Å²) >= 11 is 0. The van der Waals surface area contributed by atoms with Crippen molar-refractivity contribution in [3.05, 3.63) is 48.3 Å². The summed E-state index contributed by atoms with van der Waals surface area (Å²) in [5.41, 5.74) is 0.493. The van der Waals surface area contributed by atoms with Crippen molar-refractivity contribution in [2.24, 2.45) is 0 Å². The van der Waals surface area contributed by atoms with Gasteiger partial charge in [0.25, 0.3) is 5.91 Å². The van der Waals surface area contributed by atoms with Crippen molar-refractivity contribution in [3.8, 4) is 5.88 Å². The molecule has 2 aromatic rings. The molecule has 0 aliphatic carbocycles. The molecule has 24 heavy (non-hydrogen) atoms. The molecule has 2 amide bonds. The van der Waals surface area contributed by atoms with Crippen molar-refractivity contribution in [1.29, 1.82) is 0 Å². The van der Waals surface area contributed by atoms with Gasteiger partial charge in [-0.25, -0.2) is 9.97 Å². The summed E-state index contributed by atoms with van der Waals surface area (Å²) in [6.45, 7) is 2.53. The molecule has 0 aromatic carbocycles. The Balaban J connectivity index is 1.63. The molecule has 1 aliphatic rings. The lowest BCUT2D eigenvalue weighted by molar-refractivity contribution is -0.114. The summed E-state index contributed by atoms with van der Waals surface area (Å²) in [5, 5.41) is 2.58. The molecule has 0 spiro atoms. The third-order valence-corrected chi connectivity index (χ3v) is 3.67. The minimum absolute atomic E-state index is 0.0690. The number of rotatable bonds is 4. The zero-order valence-electron chi connectivity index (χ0n) is 13.3. The average Bonchev–Trinajstić information content (AvgIpc) is 3.03. The lowest BCUT2D eigenvalue weighted by Gasteiger charge is -2.17. The Morgan fingerprint density at radius 2 is 2.12 bits per heavy atom. The van der Waals surface area contributed by atoms with Gasteiger partial charge < -0.3 is 15.0 Å². The molecule has 2 aromatic heterocycles. The summed E-state index contributed by atoms with van der Waals surface area (Å²) in [4.78, 5) is 33.6. The molecule has 0 saturated carbocycles. The van der Waals surface area contributed by atoms with E-state index in [9.17, 15) is 9.59 Å². The average molecular weight is 326 g/mol. The van der Waals surface area contributed by atoms with E-state index >= 15 is 0 Å². The number of hydrogen-bond donors (Lipinski definition) is 1. The molecule has 7 heteroatoms. The van der Waals surface area contributed by atoms with Gasteiger partial charge in [-0.15, -0.1) is 0 Å². The summed E-state index contributed by atoms with van der Waals surface area (Å²) in [5.74, 6) is 0.607. The minimum Gasteiger partial charge on any atom is -0.472 e. The lowest BCUT2D eigenvalue weighted by Crippen LogP contribution is -2.31. The van der Waals surface area contributed by atoms with Crippen LogP contribution in [0.15, 0.2) is 42.7 Å². The minimum atomic E-state index is -0.225. The largest absolute Gasteiger partial charge is 0.472 e. The van der Waals surface area contributed by atoms with Crippen LogP contribution in [0.1, 0.15) is 23.7 Å². The molecule has 0 bridgehead atoms. The van der Waals surface area contributed by atoms with Crippen molar-refractivity contribution in [2.75, 3.05) is 18.4 Å². The quantitative estimate of drug-likeness (QED) is 0.925. The van der Waals surface area contributed by atoms with Crippen LogP contribution in [0, 0.1) is 0 Å². The number of hydrogen-bond acceptors (Lipinski definition) is 5. The van der Waals surface area contributed by atoms with E-state index in [1.165, 1.54) is 13.1 Å². The molecule has 0 radical (unpaired) electrons. The Morgan fingerprint density at radius 3 is 2.88 bits per heavy atom. The van der Waals surface area contributed by atoms with Crippen molar-refractivity contribution >= 4 is 17.6 Å². The molecule has 1 saturated heterocycles. The number of ether oxygens (including phenoxy) is 1. The Kier molecular flexibility index (Phi) is 4.69. The smallest absolute Gasteiger partial charge is 0.254 e. The number of carbonyl (C=O) groups excluding carboxylic acids is 2. The van der Waals surface area contributed by atoms with Gasteiger partial charge in [-0.2, -0.15) is 0 Å². The topological polar surface area (TPSA) is 84.4 Å². The number of pyridine rings is 2. The third kappa shape index (κ3) is 3.87. The number of likely N-dealkylation sites (tertiary alicyclic amines) is 1. The van der Waals surface area contributed by atoms with Crippen LogP contribution in [-0.4, -0.2) is 45.9 Å². The number of aromatic nitrogens is 2. The van der Waals surface area contributed by atoms with Gasteiger partial charge in [-0.05, 0) is 18.2 Å². The Morgan fingerprint density at radius 1 is 1.25 bits per heavy atom. The van der Waals surface area contributed by atoms with E-state index < -0.39 is 0 Å². The first-order valence-corrected chi connectivity index (χ1v) is 7.72. The number of carbonyl (C=O) groups is 2. The summed E-state index contributed by atoms with van der Waals surface area (Å²) in [6.07, 6.45) is 3.87. The fourth-order valence-corrected chi connectivity index (χ4v) is 2.59. The highest BCUT2D eigenvalue weighted by Crippen LogP contribution is 2.19. The fraction of sp³-hybridized carbons (Fsp3) is 0.294. The molecule has 1 unspecified atom stereocenters. The molecule has 1 atom stereocenters. The second-order valence-electron chi connectivity index (χ2n) is 5.56. The fourth-order valence-electron chi connectivity index (χ4n) is 2.59. The Hall–Kier alpha value is -2.96. The van der Waals surface area contributed by atoms with Crippen molar-refractivity contribution in [1.82, 2.24) is 14.9 Å². The first-order chi connectivity index (χ1) is 11.6. The van der Waals surface area contributed by atoms with Crippen molar-refractivity contribution < 1.29 is 14.3 Å². The SMILES string of the molecule is CC(=O)Nc1cc(C(=O)N2CCC(Oc3ccccn3)C2)ccn1. The number of nitrogens with one attached hydrogen (secondary N) is 1. The van der Waals surface area contributed by atoms with Crippen molar-refractivity contribution in [2.45, 2.75) is 19.4 Å². The molecule has 1 fully saturated rings. The van der Waals surface area contributed by atoms with Gasteiger partial charge in [-0.1, -0.05) is 6.07 Å². The molecule has 7 nitrogen and oxygen atoms in total. The highest BCUT2D eigenvalue weighted by molar-refractivity contribution is 5.96. The molecule has 1 N–H and O–H groups in total. The standard InChI is InChI=1S/C17H18N4O3/c1-12(22)20-15-10-13(5-8-18-15)17(23)21-9-6-14(11-21)24-16-4-2-3-7-19-16/h2-5,7-8,10,14H,6,9,11H2,1H3,(H,18,20,22). The van der Waals surface area contributed by atoms with Gasteiger partial charge in [0.2, 0.25) is 11.8 Å². The first kappa shape index (κ1) is 15.9. The highest BCUT2D eigenvalue weighted by Gasteiger charge is 2.28. The normalized spacial score (nSPS) is 16.7. The lowest BCUT2D eigenvalue weighted by atomic mass is 10.2. The number of amides is 2. The number of nitrogens with zero attached hydrogens (tertiary/aromatic N) is 3. The second-order valence-corrected chi connectivity index (χ2v) is 5.56. The van der Waals surface area contributed by atoms with Crippen LogP contribution in [0.4, 0.5) is 5.82 Å². The van der Waals surface area contributed by atoms with E-state index in [0.29, 0.717) is 30.4 Å². The van der Waals surface area contributed by atoms with Gasteiger partial charge in [0.15, 0.2) is 0 Å². The van der Waals surface area contributed by atoms with Crippen LogP contribution in [0.25, 0.3) is 0 Å². The van der Waals surface area contributed by atoms with Gasteiger partial charge >= 0.3 is 0 Å². The molecular formula is C17H18N4O3. The zero-order chi connectivity index (χ0) is 16.9. The van der Waals surface area contributed by atoms with E-state index in [1.54, 1.807) is 29.3 Å². The maximum atomic E-state index is 12.6. The van der Waals surface area contributed by atoms with Gasteiger partial charge in [0.1, 0.15) is 11.9 Å². The van der Waals surface area contributed by atoms with Crippen LogP contribution in [0.5, 0.6) is 5.88 Å². The molecule has 3 rings (SSSR count). The van der Waals surface area contributed by atoms with Crippen LogP contribution in [-0.2, 0) is 4.79 Å². The Bertz CT molecular complexity index is 736. The zero-order valence-corrected chi connectivity index (χ0v) is 13.3. The predicted octanol–water partition coefficient (Wildman–Crippen LogP) is 1.73. The summed E-state index contributed by atoms with van der Waals surface area (Å²) < 4.78 is 5.79. The van der Waals surface area contributed by atoms with Crippen molar-refractivity contribution in [3.63, 3.8) is 0 Å². The maximum Gasteiger partial charge on any atom is 0.254 e. The first-order valence-electron chi connectivity index (χ1n) is 7.72. The van der Waals surface area contributed by atoms with Gasteiger partial charge in [0.05, 0.1) is 6.54 Å². The predicted molar refractivity (Wildman–Crippen MR) is 87.7 cm³/mol. The van der Waals surface area contributed by atoms with Crippen LogP contribution >= 0.6 is 0 Å². The summed E-state index contributed by atoms with van der Waals surface area (Å²) in [6, 6.07) is 8.71. The monoisotopic (exact) mass is 326 g/mol. The highest BCUT2D eigenvalue weighted by atomic mass is 16.5. The van der Waals surface area contributed by atoms with E-state index in [-0.39, 0.29) is 17.9 Å². The molecular weight excluding hydrogens is 308 g/mol. The van der Waals surface area contributed by atoms with Gasteiger partial charge in [0, 0.05) is 43.9 Å². The van der Waals surface area contributed by atoms with E-state index in [0.717, 1.165) is 6.42 Å². The van der Waals surface area contributed by atoms with Gasteiger partial charge in [-0.3, -0.25) is 9.59 Å². The Labute approximate surface area is 139 Å². The molecule has 1 aliphatic heterocycles.